The zero-order chi connectivity index (χ0) is 18.6. The quantitative estimate of drug-likeness (QED) is 0.569. The highest BCUT2D eigenvalue weighted by Crippen LogP contribution is 2.23. The molecule has 136 valence electrons. The van der Waals surface area contributed by atoms with Gasteiger partial charge in [-0.15, -0.1) is 0 Å². The number of benzene rings is 2. The van der Waals surface area contributed by atoms with Crippen molar-refractivity contribution in [2.75, 3.05) is 12.4 Å². The first-order chi connectivity index (χ1) is 13.2. The molecule has 0 saturated carbocycles. The second-order valence-corrected chi connectivity index (χ2v) is 6.36. The summed E-state index contributed by atoms with van der Waals surface area (Å²) in [7, 11) is 1.68. The Kier molecular flexibility index (Phi) is 4.70. The number of rotatable bonds is 6. The molecule has 4 aromatic rings. The Morgan fingerprint density at radius 1 is 1.04 bits per heavy atom. The predicted molar refractivity (Wildman–Crippen MR) is 105 cm³/mol. The van der Waals surface area contributed by atoms with Crippen LogP contribution in [0.5, 0.6) is 5.75 Å². The van der Waals surface area contributed by atoms with E-state index in [1.165, 1.54) is 11.9 Å². The van der Waals surface area contributed by atoms with Crippen LogP contribution in [0.1, 0.15) is 22.4 Å². The van der Waals surface area contributed by atoms with Crippen molar-refractivity contribution in [3.63, 3.8) is 0 Å². The van der Waals surface area contributed by atoms with Gasteiger partial charge in [-0.3, -0.25) is 0 Å². The third kappa shape index (κ3) is 3.60. The molecule has 0 unspecified atom stereocenters. The lowest BCUT2D eigenvalue weighted by atomic mass is 10.0. The summed E-state index contributed by atoms with van der Waals surface area (Å²) in [6.07, 6.45) is 2.31. The number of fused-ring (bicyclic) bond motifs is 1. The van der Waals surface area contributed by atoms with Gasteiger partial charge in [0.2, 0.25) is 0 Å². The van der Waals surface area contributed by atoms with Crippen LogP contribution in [0.2, 0.25) is 0 Å². The van der Waals surface area contributed by atoms with Gasteiger partial charge in [0, 0.05) is 24.2 Å². The number of ether oxygens (including phenoxy) is 1. The van der Waals surface area contributed by atoms with Crippen LogP contribution in [0.4, 0.5) is 5.82 Å². The van der Waals surface area contributed by atoms with Gasteiger partial charge in [0.05, 0.1) is 7.11 Å². The standard InChI is InChI=1S/C21H21N5O/c1-15-19(12-16-7-4-3-5-8-16)20(26-21(25-15)23-14-24-26)22-13-17-9-6-10-18(11-17)27-2/h3-11,14,22H,12-13H2,1-2H3. The summed E-state index contributed by atoms with van der Waals surface area (Å²) in [6, 6.07) is 18.4. The lowest BCUT2D eigenvalue weighted by Crippen LogP contribution is -2.12. The number of hydrogen-bond donors (Lipinski definition) is 1. The van der Waals surface area contributed by atoms with Crippen LogP contribution < -0.4 is 10.1 Å². The molecule has 6 nitrogen and oxygen atoms in total. The number of methoxy groups -OCH3 is 1. The van der Waals surface area contributed by atoms with Crippen LogP contribution in [0.3, 0.4) is 0 Å². The molecule has 0 fully saturated rings. The van der Waals surface area contributed by atoms with E-state index in [9.17, 15) is 0 Å². The zero-order valence-corrected chi connectivity index (χ0v) is 15.4. The molecule has 1 N–H and O–H groups in total. The minimum Gasteiger partial charge on any atom is -0.497 e. The van der Waals surface area contributed by atoms with Gasteiger partial charge >= 0.3 is 0 Å². The van der Waals surface area contributed by atoms with E-state index in [1.807, 2.05) is 31.2 Å². The molecule has 6 heteroatoms. The minimum atomic E-state index is 0.595. The largest absolute Gasteiger partial charge is 0.497 e. The molecule has 0 amide bonds. The summed E-state index contributed by atoms with van der Waals surface area (Å²) in [6.45, 7) is 2.67. The first-order valence-electron chi connectivity index (χ1n) is 8.84. The molecule has 0 spiro atoms. The second-order valence-electron chi connectivity index (χ2n) is 6.36. The number of anilines is 1. The Morgan fingerprint density at radius 3 is 2.67 bits per heavy atom. The molecule has 2 aromatic carbocycles. The highest BCUT2D eigenvalue weighted by Gasteiger charge is 2.15. The molecule has 0 bridgehead atoms. The first kappa shape index (κ1) is 17.0. The number of aryl methyl sites for hydroxylation is 1. The molecule has 27 heavy (non-hydrogen) atoms. The van der Waals surface area contributed by atoms with Crippen molar-refractivity contribution < 1.29 is 4.74 Å². The lowest BCUT2D eigenvalue weighted by Gasteiger charge is -2.16. The van der Waals surface area contributed by atoms with Crippen LogP contribution in [0, 0.1) is 6.92 Å². The first-order valence-corrected chi connectivity index (χ1v) is 8.84. The molecule has 0 aliphatic heterocycles. The summed E-state index contributed by atoms with van der Waals surface area (Å²) >= 11 is 0. The maximum Gasteiger partial charge on any atom is 0.254 e. The maximum atomic E-state index is 5.32. The fourth-order valence-corrected chi connectivity index (χ4v) is 3.15. The molecule has 0 aliphatic rings. The average molecular weight is 359 g/mol. The fraction of sp³-hybridized carbons (Fsp3) is 0.190. The van der Waals surface area contributed by atoms with E-state index in [0.29, 0.717) is 12.3 Å². The third-order valence-corrected chi connectivity index (χ3v) is 4.55. The Morgan fingerprint density at radius 2 is 1.85 bits per heavy atom. The maximum absolute atomic E-state index is 5.32. The molecule has 0 saturated heterocycles. The van der Waals surface area contributed by atoms with Crippen molar-refractivity contribution in [3.8, 4) is 5.75 Å². The number of nitrogens with zero attached hydrogens (tertiary/aromatic N) is 4. The number of hydrogen-bond acceptors (Lipinski definition) is 5. The van der Waals surface area contributed by atoms with E-state index in [0.717, 1.165) is 34.8 Å². The summed E-state index contributed by atoms with van der Waals surface area (Å²) < 4.78 is 7.09. The number of nitrogens with one attached hydrogen (secondary N) is 1. The van der Waals surface area contributed by atoms with E-state index >= 15 is 0 Å². The van der Waals surface area contributed by atoms with E-state index in [2.05, 4.69) is 50.7 Å². The topological polar surface area (TPSA) is 64.3 Å². The van der Waals surface area contributed by atoms with Crippen molar-refractivity contribution in [1.29, 1.82) is 0 Å². The molecule has 0 radical (unpaired) electrons. The monoisotopic (exact) mass is 359 g/mol. The predicted octanol–water partition coefficient (Wildman–Crippen LogP) is 3.64. The molecule has 4 rings (SSSR count). The van der Waals surface area contributed by atoms with Crippen LogP contribution >= 0.6 is 0 Å². The highest BCUT2D eigenvalue weighted by atomic mass is 16.5. The van der Waals surface area contributed by atoms with Crippen molar-refractivity contribution in [1.82, 2.24) is 19.6 Å². The van der Waals surface area contributed by atoms with E-state index in [-0.39, 0.29) is 0 Å². The van der Waals surface area contributed by atoms with Gasteiger partial charge < -0.3 is 10.1 Å². The van der Waals surface area contributed by atoms with Crippen LogP contribution in [-0.2, 0) is 13.0 Å². The van der Waals surface area contributed by atoms with E-state index < -0.39 is 0 Å². The van der Waals surface area contributed by atoms with Crippen LogP contribution in [0.25, 0.3) is 5.78 Å². The van der Waals surface area contributed by atoms with Gasteiger partial charge in [0.1, 0.15) is 17.9 Å². The minimum absolute atomic E-state index is 0.595. The van der Waals surface area contributed by atoms with Gasteiger partial charge in [-0.1, -0.05) is 42.5 Å². The van der Waals surface area contributed by atoms with Gasteiger partial charge in [-0.25, -0.2) is 4.98 Å². The van der Waals surface area contributed by atoms with Gasteiger partial charge in [0.25, 0.3) is 5.78 Å². The van der Waals surface area contributed by atoms with Gasteiger partial charge in [-0.2, -0.15) is 14.6 Å². The van der Waals surface area contributed by atoms with Crippen molar-refractivity contribution in [3.05, 3.63) is 83.3 Å². The third-order valence-electron chi connectivity index (χ3n) is 4.55. The molecule has 0 aliphatic carbocycles. The Bertz CT molecular complexity index is 1060. The Hall–Kier alpha value is -3.41. The van der Waals surface area contributed by atoms with Gasteiger partial charge in [-0.05, 0) is 30.2 Å². The summed E-state index contributed by atoms with van der Waals surface area (Å²) in [4.78, 5) is 8.86. The normalized spacial score (nSPS) is 10.9. The van der Waals surface area contributed by atoms with Crippen molar-refractivity contribution in [2.24, 2.45) is 0 Å². The van der Waals surface area contributed by atoms with E-state index in [1.54, 1.807) is 11.6 Å². The van der Waals surface area contributed by atoms with Gasteiger partial charge in [0.15, 0.2) is 0 Å². The summed E-state index contributed by atoms with van der Waals surface area (Å²) in [5.74, 6) is 2.36. The molecular formula is C21H21N5O. The highest BCUT2D eigenvalue weighted by molar-refractivity contribution is 5.54. The van der Waals surface area contributed by atoms with Crippen LogP contribution in [0.15, 0.2) is 60.9 Å². The van der Waals surface area contributed by atoms with E-state index in [4.69, 9.17) is 4.74 Å². The van der Waals surface area contributed by atoms with Crippen LogP contribution in [-0.4, -0.2) is 26.7 Å². The van der Waals surface area contributed by atoms with Crippen molar-refractivity contribution in [2.45, 2.75) is 19.9 Å². The SMILES string of the molecule is COc1cccc(CNc2c(Cc3ccccc3)c(C)nc3ncnn23)c1. The molecule has 2 heterocycles. The molecule has 0 atom stereocenters. The average Bonchev–Trinajstić information content (AvgIpc) is 3.16. The lowest BCUT2D eigenvalue weighted by molar-refractivity contribution is 0.414. The molecular weight excluding hydrogens is 338 g/mol. The Balaban J connectivity index is 1.70. The fourth-order valence-electron chi connectivity index (χ4n) is 3.15. The summed E-state index contributed by atoms with van der Waals surface area (Å²) in [5.41, 5.74) is 4.42. The summed E-state index contributed by atoms with van der Waals surface area (Å²) in [5, 5.41) is 7.90. The molecule has 2 aromatic heterocycles. The second kappa shape index (κ2) is 7.45. The zero-order valence-electron chi connectivity index (χ0n) is 15.4. The number of aromatic nitrogens is 4. The van der Waals surface area contributed by atoms with Crippen molar-refractivity contribution >= 4 is 11.6 Å². The smallest absolute Gasteiger partial charge is 0.254 e. The Labute approximate surface area is 157 Å².